The average molecular weight is 79.9 g/mol. The fourth-order valence-electron chi connectivity index (χ4n) is 0.267. The Bertz CT molecular complexity index is 116. The van der Waals surface area contributed by atoms with Crippen LogP contribution >= 0.6 is 0 Å². The molecule has 0 saturated heterocycles. The van der Waals surface area contributed by atoms with Crippen LogP contribution in [-0.2, 0) is 0 Å². The predicted molar refractivity (Wildman–Crippen MR) is 26.1 cm³/mol. The summed E-state index contributed by atoms with van der Waals surface area (Å²) in [6, 6.07) is 1.69. The van der Waals surface area contributed by atoms with E-state index >= 15 is 0 Å². The highest BCUT2D eigenvalue weighted by Crippen LogP contribution is 1.60. The molecule has 0 spiro atoms. The molecule has 6 heavy (non-hydrogen) atoms. The molecule has 1 N–H and O–H groups in total. The Labute approximate surface area is 38.5 Å². The van der Waals surface area contributed by atoms with E-state index in [-0.39, 0.29) is 1.43 Å². The van der Waals surface area contributed by atoms with E-state index in [4.69, 9.17) is 7.85 Å². The Hall–Kier alpha value is -0.725. The summed E-state index contributed by atoms with van der Waals surface area (Å²) in [4.78, 5) is 0. The van der Waals surface area contributed by atoms with Crippen LogP contribution in [0.5, 0.6) is 0 Å². The van der Waals surface area contributed by atoms with Crippen LogP contribution in [0, 0.1) is 0 Å². The van der Waals surface area contributed by atoms with E-state index in [1.54, 1.807) is 12.3 Å². The molecule has 1 rings (SSSR count). The van der Waals surface area contributed by atoms with Crippen molar-refractivity contribution in [3.8, 4) is 0 Å². The largest absolute Gasteiger partial charge is 0.293 e. The van der Waals surface area contributed by atoms with Gasteiger partial charge in [-0.1, -0.05) is 0 Å². The zero-order valence-corrected chi connectivity index (χ0v) is 3.18. The van der Waals surface area contributed by atoms with Gasteiger partial charge in [0, 0.05) is 7.62 Å². The molecule has 0 aliphatic carbocycles. The monoisotopic (exact) mass is 80.1 g/mol. The maximum atomic E-state index is 5.16. The minimum absolute atomic E-state index is 0. The van der Waals surface area contributed by atoms with Crippen LogP contribution in [0.2, 0.25) is 0 Å². The summed E-state index contributed by atoms with van der Waals surface area (Å²) < 4.78 is 0. The lowest BCUT2D eigenvalue weighted by molar-refractivity contribution is 1.11. The van der Waals surface area contributed by atoms with E-state index < -0.39 is 0 Å². The van der Waals surface area contributed by atoms with E-state index in [9.17, 15) is 0 Å². The van der Waals surface area contributed by atoms with Gasteiger partial charge in [-0.25, -0.2) is 0 Å². The second kappa shape index (κ2) is 1.16. The first-order chi connectivity index (χ1) is 2.89. The van der Waals surface area contributed by atoms with Crippen molar-refractivity contribution in [3.63, 3.8) is 0 Å². The molecule has 0 aliphatic rings. The van der Waals surface area contributed by atoms with Crippen molar-refractivity contribution in [1.29, 1.82) is 0 Å². The van der Waals surface area contributed by atoms with Gasteiger partial charge in [0.15, 0.2) is 0 Å². The van der Waals surface area contributed by atoms with Crippen LogP contribution in [0.4, 0.5) is 0 Å². The van der Waals surface area contributed by atoms with E-state index in [0.29, 0.717) is 5.59 Å². The molecular weight excluding hydrogens is 74.9 g/mol. The van der Waals surface area contributed by atoms with Crippen LogP contribution in [-0.4, -0.2) is 18.0 Å². The van der Waals surface area contributed by atoms with Gasteiger partial charge in [-0.2, -0.15) is 5.10 Å². The van der Waals surface area contributed by atoms with Gasteiger partial charge < -0.3 is 0 Å². The number of aromatic amines is 1. The van der Waals surface area contributed by atoms with E-state index in [2.05, 4.69) is 10.2 Å². The summed E-state index contributed by atoms with van der Waals surface area (Å²) in [5.74, 6) is 0. The van der Waals surface area contributed by atoms with Crippen molar-refractivity contribution in [2.75, 3.05) is 0 Å². The van der Waals surface area contributed by atoms with Crippen molar-refractivity contribution in [3.05, 3.63) is 12.3 Å². The van der Waals surface area contributed by atoms with Gasteiger partial charge in [-0.15, -0.1) is 0 Å². The van der Waals surface area contributed by atoms with Gasteiger partial charge in [0.25, 0.3) is 0 Å². The number of nitrogens with zero attached hydrogens (tertiary/aromatic N) is 1. The van der Waals surface area contributed by atoms with Gasteiger partial charge in [0.1, 0.15) is 7.85 Å². The topological polar surface area (TPSA) is 28.7 Å². The van der Waals surface area contributed by atoms with E-state index in [1.807, 2.05) is 0 Å². The average Bonchev–Trinajstić information content (AvgIpc) is 1.86. The molecule has 1 aromatic heterocycles. The van der Waals surface area contributed by atoms with Gasteiger partial charge in [0.05, 0.1) is 0 Å². The lowest BCUT2D eigenvalue weighted by atomic mass is 10.1. The number of rotatable bonds is 0. The van der Waals surface area contributed by atoms with Crippen LogP contribution in [0.1, 0.15) is 1.43 Å². The standard InChI is InChI=1S/C3H3BN2.H2/c4-3-1-2-5-6-3;/h1-2H,(H,5,6);1H. The molecular formula is C3H5BN2. The third-order valence-electron chi connectivity index (χ3n) is 0.522. The van der Waals surface area contributed by atoms with Crippen molar-refractivity contribution < 1.29 is 1.43 Å². The van der Waals surface area contributed by atoms with Crippen LogP contribution < -0.4 is 5.59 Å². The molecule has 2 nitrogen and oxygen atoms in total. The molecule has 0 aliphatic heterocycles. The van der Waals surface area contributed by atoms with E-state index in [1.165, 1.54) is 0 Å². The second-order valence-corrected chi connectivity index (χ2v) is 1.01. The molecule has 0 bridgehead atoms. The number of hydrogen-bond acceptors (Lipinski definition) is 1. The highest BCUT2D eigenvalue weighted by atomic mass is 15.1. The number of hydrogen-bond donors (Lipinski definition) is 1. The van der Waals surface area contributed by atoms with Crippen molar-refractivity contribution >= 4 is 13.4 Å². The number of aromatic nitrogens is 2. The molecule has 2 radical (unpaired) electrons. The smallest absolute Gasteiger partial charge is 0.140 e. The second-order valence-electron chi connectivity index (χ2n) is 1.01. The molecule has 0 atom stereocenters. The van der Waals surface area contributed by atoms with E-state index in [0.717, 1.165) is 0 Å². The summed E-state index contributed by atoms with van der Waals surface area (Å²) in [6.07, 6.45) is 1.61. The van der Waals surface area contributed by atoms with Gasteiger partial charge in [-0.3, -0.25) is 5.10 Å². The Balaban J connectivity index is 0.000000360. The van der Waals surface area contributed by atoms with Crippen molar-refractivity contribution in [2.45, 2.75) is 0 Å². The predicted octanol–water partition coefficient (Wildman–Crippen LogP) is -0.551. The lowest BCUT2D eigenvalue weighted by Gasteiger charge is -1.68. The summed E-state index contributed by atoms with van der Waals surface area (Å²) in [7, 11) is 5.16. The van der Waals surface area contributed by atoms with Crippen LogP contribution in [0.15, 0.2) is 12.3 Å². The molecule has 30 valence electrons. The Morgan fingerprint density at radius 1 is 2.00 bits per heavy atom. The third-order valence-corrected chi connectivity index (χ3v) is 0.522. The van der Waals surface area contributed by atoms with Gasteiger partial charge >= 0.3 is 0 Å². The Morgan fingerprint density at radius 2 is 2.83 bits per heavy atom. The maximum Gasteiger partial charge on any atom is 0.140 e. The first-order valence-corrected chi connectivity index (χ1v) is 1.64. The molecule has 0 fully saturated rings. The zero-order valence-electron chi connectivity index (χ0n) is 3.18. The highest BCUT2D eigenvalue weighted by Gasteiger charge is 1.73. The summed E-state index contributed by atoms with van der Waals surface area (Å²) in [5, 5.41) is 6.10. The molecule has 1 aromatic rings. The molecule has 3 heteroatoms. The maximum absolute atomic E-state index is 5.16. The fraction of sp³-hybridized carbons (Fsp3) is 0. The molecule has 0 aromatic carbocycles. The van der Waals surface area contributed by atoms with Gasteiger partial charge in [-0.05, 0) is 11.7 Å². The lowest BCUT2D eigenvalue weighted by Crippen LogP contribution is -2.00. The number of nitrogens with one attached hydrogen (secondary N) is 1. The Kier molecular flexibility index (Phi) is 0.672. The van der Waals surface area contributed by atoms with Gasteiger partial charge in [0.2, 0.25) is 0 Å². The van der Waals surface area contributed by atoms with Crippen molar-refractivity contribution in [2.24, 2.45) is 0 Å². The van der Waals surface area contributed by atoms with Crippen LogP contribution in [0.3, 0.4) is 0 Å². The minimum Gasteiger partial charge on any atom is -0.293 e. The minimum atomic E-state index is 0. The molecule has 0 amide bonds. The molecule has 0 unspecified atom stereocenters. The first-order valence-electron chi connectivity index (χ1n) is 1.64. The summed E-state index contributed by atoms with van der Waals surface area (Å²) in [5.41, 5.74) is 0.606. The summed E-state index contributed by atoms with van der Waals surface area (Å²) in [6.45, 7) is 0. The zero-order chi connectivity index (χ0) is 4.41. The first kappa shape index (κ1) is 3.46. The molecule has 1 heterocycles. The highest BCUT2D eigenvalue weighted by molar-refractivity contribution is 6.30. The SMILES string of the molecule is [B]c1ccn[nH]1.[HH]. The third kappa shape index (κ3) is 0.430. The van der Waals surface area contributed by atoms with Crippen LogP contribution in [0.25, 0.3) is 0 Å². The fourth-order valence-corrected chi connectivity index (χ4v) is 0.267. The summed E-state index contributed by atoms with van der Waals surface area (Å²) >= 11 is 0. The molecule has 0 saturated carbocycles. The Morgan fingerprint density at radius 3 is 3.00 bits per heavy atom. The number of H-pyrrole nitrogens is 1. The quantitative estimate of drug-likeness (QED) is 0.416. The normalized spacial score (nSPS) is 8.67. The van der Waals surface area contributed by atoms with Crippen molar-refractivity contribution in [1.82, 2.24) is 10.2 Å².